The molecule has 0 saturated carbocycles. The van der Waals surface area contributed by atoms with Gasteiger partial charge in [-0.25, -0.2) is 0 Å². The molecule has 0 aliphatic rings. The van der Waals surface area contributed by atoms with Gasteiger partial charge in [0, 0.05) is 11.8 Å². The second-order valence-corrected chi connectivity index (χ2v) is 3.06. The zero-order valence-electron chi connectivity index (χ0n) is 6.55. The highest BCUT2D eigenvalue weighted by atomic mass is 32.1. The van der Waals surface area contributed by atoms with Gasteiger partial charge in [0.25, 0.3) is 0 Å². The quantitative estimate of drug-likeness (QED) is 0.628. The molecule has 0 aromatic carbocycles. The van der Waals surface area contributed by atoms with Crippen molar-refractivity contribution in [3.63, 3.8) is 0 Å². The first kappa shape index (κ1) is 9.56. The molecule has 2 atom stereocenters. The first-order valence-corrected chi connectivity index (χ1v) is 3.67. The van der Waals surface area contributed by atoms with Crippen molar-refractivity contribution < 1.29 is 4.79 Å². The van der Waals surface area contributed by atoms with Gasteiger partial charge in [0.2, 0.25) is 0 Å². The molecule has 0 aromatic rings. The van der Waals surface area contributed by atoms with Gasteiger partial charge in [-0.15, -0.1) is 0 Å². The number of thiocarbonyl (C=S) groups is 1. The smallest absolute Gasteiger partial charge is 0.133 e. The maximum absolute atomic E-state index is 10.8. The number of carbonyl (C=O) groups is 1. The first-order chi connectivity index (χ1) is 4.46. The lowest BCUT2D eigenvalue weighted by atomic mass is 9.93. The lowest BCUT2D eigenvalue weighted by Crippen LogP contribution is -2.27. The van der Waals surface area contributed by atoms with E-state index in [0.29, 0.717) is 4.99 Å². The summed E-state index contributed by atoms with van der Waals surface area (Å²) in [6, 6.07) is 0. The summed E-state index contributed by atoms with van der Waals surface area (Å²) in [5.41, 5.74) is 5.35. The van der Waals surface area contributed by atoms with Crippen molar-refractivity contribution in [1.82, 2.24) is 0 Å². The number of hydrogen-bond donors (Lipinski definition) is 1. The zero-order chi connectivity index (χ0) is 8.31. The molecule has 0 fully saturated rings. The van der Waals surface area contributed by atoms with Crippen LogP contribution in [0.1, 0.15) is 20.8 Å². The Labute approximate surface area is 66.8 Å². The largest absolute Gasteiger partial charge is 0.393 e. The number of Topliss-reactive ketones (excluding diaryl/α,β-unsaturated/α-hetero) is 1. The highest BCUT2D eigenvalue weighted by Crippen LogP contribution is 2.11. The Kier molecular flexibility index (Phi) is 3.50. The number of nitrogens with two attached hydrogens (primary N) is 1. The second kappa shape index (κ2) is 3.66. The van der Waals surface area contributed by atoms with Crippen LogP contribution >= 0.6 is 12.2 Å². The third kappa shape index (κ3) is 2.43. The van der Waals surface area contributed by atoms with Crippen molar-refractivity contribution in [3.8, 4) is 0 Å². The average molecular weight is 159 g/mol. The van der Waals surface area contributed by atoms with Gasteiger partial charge in [0.1, 0.15) is 5.78 Å². The van der Waals surface area contributed by atoms with Crippen LogP contribution in [0.4, 0.5) is 0 Å². The van der Waals surface area contributed by atoms with E-state index >= 15 is 0 Å². The Hall–Kier alpha value is -0.440. The SMILES string of the molecule is CC(=O)C(C)C(C)C(N)=S. The summed E-state index contributed by atoms with van der Waals surface area (Å²) >= 11 is 4.74. The Bertz CT molecular complexity index is 138. The molecule has 0 spiro atoms. The van der Waals surface area contributed by atoms with Crippen LogP contribution in [0.25, 0.3) is 0 Å². The molecule has 0 saturated heterocycles. The number of ketones is 1. The average Bonchev–Trinajstić information content (AvgIpc) is 1.84. The van der Waals surface area contributed by atoms with Crippen molar-refractivity contribution in [2.24, 2.45) is 17.6 Å². The standard InChI is InChI=1S/C7H13NOS/c1-4(6(3)9)5(2)7(8)10/h4-5H,1-3H3,(H2,8,10). The van der Waals surface area contributed by atoms with Crippen LogP contribution in [0, 0.1) is 11.8 Å². The van der Waals surface area contributed by atoms with E-state index in [-0.39, 0.29) is 17.6 Å². The minimum absolute atomic E-state index is 0.0208. The van der Waals surface area contributed by atoms with Gasteiger partial charge >= 0.3 is 0 Å². The summed E-state index contributed by atoms with van der Waals surface area (Å²) in [4.78, 5) is 11.2. The molecule has 0 heterocycles. The van der Waals surface area contributed by atoms with E-state index < -0.39 is 0 Å². The lowest BCUT2D eigenvalue weighted by Gasteiger charge is -2.14. The second-order valence-electron chi connectivity index (χ2n) is 2.59. The lowest BCUT2D eigenvalue weighted by molar-refractivity contribution is -0.120. The molecule has 0 radical (unpaired) electrons. The van der Waals surface area contributed by atoms with Crippen LogP contribution in [-0.2, 0) is 4.79 Å². The highest BCUT2D eigenvalue weighted by Gasteiger charge is 2.18. The molecule has 0 aromatic heterocycles. The Morgan fingerprint density at radius 2 is 1.80 bits per heavy atom. The molecule has 58 valence electrons. The summed E-state index contributed by atoms with van der Waals surface area (Å²) in [6.07, 6.45) is 0. The van der Waals surface area contributed by atoms with E-state index in [1.54, 1.807) is 6.92 Å². The fraction of sp³-hybridized carbons (Fsp3) is 0.714. The molecule has 2 nitrogen and oxygen atoms in total. The van der Waals surface area contributed by atoms with Crippen molar-refractivity contribution >= 4 is 23.0 Å². The van der Waals surface area contributed by atoms with E-state index in [4.69, 9.17) is 18.0 Å². The van der Waals surface area contributed by atoms with Gasteiger partial charge < -0.3 is 5.73 Å². The number of carbonyl (C=O) groups excluding carboxylic acids is 1. The van der Waals surface area contributed by atoms with Crippen LogP contribution < -0.4 is 5.73 Å². The van der Waals surface area contributed by atoms with Crippen LogP contribution in [0.15, 0.2) is 0 Å². The van der Waals surface area contributed by atoms with Gasteiger partial charge in [0.15, 0.2) is 0 Å². The van der Waals surface area contributed by atoms with E-state index in [0.717, 1.165) is 0 Å². The van der Waals surface area contributed by atoms with E-state index in [1.807, 2.05) is 13.8 Å². The zero-order valence-corrected chi connectivity index (χ0v) is 7.37. The van der Waals surface area contributed by atoms with Gasteiger partial charge in [-0.1, -0.05) is 26.1 Å². The molecule has 2 unspecified atom stereocenters. The maximum Gasteiger partial charge on any atom is 0.133 e. The van der Waals surface area contributed by atoms with Gasteiger partial charge in [0.05, 0.1) is 4.99 Å². The van der Waals surface area contributed by atoms with Crippen LogP contribution in [-0.4, -0.2) is 10.8 Å². The Morgan fingerprint density at radius 1 is 1.40 bits per heavy atom. The number of hydrogen-bond acceptors (Lipinski definition) is 2. The summed E-state index contributed by atoms with van der Waals surface area (Å²) < 4.78 is 0. The summed E-state index contributed by atoms with van der Waals surface area (Å²) in [5, 5.41) is 0. The van der Waals surface area contributed by atoms with E-state index in [1.165, 1.54) is 0 Å². The Morgan fingerprint density at radius 3 is 1.90 bits per heavy atom. The van der Waals surface area contributed by atoms with Crippen LogP contribution in [0.2, 0.25) is 0 Å². The fourth-order valence-electron chi connectivity index (χ4n) is 0.598. The predicted octanol–water partition coefficient (Wildman–Crippen LogP) is 1.13. The molecule has 10 heavy (non-hydrogen) atoms. The third-order valence-electron chi connectivity index (χ3n) is 1.84. The molecule has 0 amide bonds. The summed E-state index contributed by atoms with van der Waals surface area (Å²) in [7, 11) is 0. The minimum atomic E-state index is -0.0440. The first-order valence-electron chi connectivity index (χ1n) is 3.26. The van der Waals surface area contributed by atoms with Crippen molar-refractivity contribution in [2.75, 3.05) is 0 Å². The number of rotatable bonds is 3. The topological polar surface area (TPSA) is 43.1 Å². The minimum Gasteiger partial charge on any atom is -0.393 e. The monoisotopic (exact) mass is 159 g/mol. The van der Waals surface area contributed by atoms with Crippen molar-refractivity contribution in [1.29, 1.82) is 0 Å². The summed E-state index contributed by atoms with van der Waals surface area (Å²) in [5.74, 6) is 0.116. The molecule has 2 N–H and O–H groups in total. The van der Waals surface area contributed by atoms with Crippen molar-refractivity contribution in [2.45, 2.75) is 20.8 Å². The third-order valence-corrected chi connectivity index (χ3v) is 2.21. The molecule has 3 heteroatoms. The molecular formula is C7H13NOS. The molecule has 0 aliphatic carbocycles. The molecule has 0 rings (SSSR count). The van der Waals surface area contributed by atoms with Gasteiger partial charge in [-0.3, -0.25) is 4.79 Å². The van der Waals surface area contributed by atoms with Gasteiger partial charge in [-0.05, 0) is 6.92 Å². The van der Waals surface area contributed by atoms with E-state index in [2.05, 4.69) is 0 Å². The molecule has 0 bridgehead atoms. The predicted molar refractivity (Wildman–Crippen MR) is 45.8 cm³/mol. The van der Waals surface area contributed by atoms with Crippen LogP contribution in [0.3, 0.4) is 0 Å². The van der Waals surface area contributed by atoms with Crippen molar-refractivity contribution in [3.05, 3.63) is 0 Å². The highest BCUT2D eigenvalue weighted by molar-refractivity contribution is 7.80. The molecule has 0 aliphatic heterocycles. The maximum atomic E-state index is 10.8. The normalized spacial score (nSPS) is 15.9. The van der Waals surface area contributed by atoms with Crippen LogP contribution in [0.5, 0.6) is 0 Å². The summed E-state index contributed by atoms with van der Waals surface area (Å²) in [6.45, 7) is 5.26. The van der Waals surface area contributed by atoms with Gasteiger partial charge in [-0.2, -0.15) is 0 Å². The molecular weight excluding hydrogens is 146 g/mol. The fourth-order valence-corrected chi connectivity index (χ4v) is 0.803. The van der Waals surface area contributed by atoms with E-state index in [9.17, 15) is 4.79 Å². The Balaban J connectivity index is 4.07.